The van der Waals surface area contributed by atoms with Gasteiger partial charge >= 0.3 is 6.09 Å². The molecule has 136 valence electrons. The minimum absolute atomic E-state index is 0.0977. The van der Waals surface area contributed by atoms with Gasteiger partial charge in [0.1, 0.15) is 24.2 Å². The first kappa shape index (κ1) is 17.7. The molecule has 0 aromatic heterocycles. The molecule has 2 aromatic carbocycles. The number of halogens is 1. The third-order valence-electron chi connectivity index (χ3n) is 4.55. The van der Waals surface area contributed by atoms with Gasteiger partial charge < -0.3 is 15.6 Å². The van der Waals surface area contributed by atoms with Crippen LogP contribution in [0.4, 0.5) is 9.18 Å². The molecule has 2 amide bonds. The molecule has 2 atom stereocenters. The van der Waals surface area contributed by atoms with Crippen LogP contribution in [0.2, 0.25) is 0 Å². The lowest BCUT2D eigenvalue weighted by molar-refractivity contribution is -0.122. The molecular weight excluding hydrogens is 339 g/mol. The van der Waals surface area contributed by atoms with Gasteiger partial charge in [0.15, 0.2) is 0 Å². The van der Waals surface area contributed by atoms with E-state index in [1.54, 1.807) is 42.5 Å². The summed E-state index contributed by atoms with van der Waals surface area (Å²) in [6, 6.07) is 12.0. The Morgan fingerprint density at radius 3 is 2.46 bits per heavy atom. The van der Waals surface area contributed by atoms with Gasteiger partial charge in [-0.25, -0.2) is 9.18 Å². The van der Waals surface area contributed by atoms with Crippen LogP contribution < -0.4 is 10.5 Å². The monoisotopic (exact) mass is 358 g/mol. The predicted molar refractivity (Wildman–Crippen MR) is 92.0 cm³/mol. The van der Waals surface area contributed by atoms with Crippen LogP contribution in [0.25, 0.3) is 0 Å². The first-order chi connectivity index (χ1) is 12.5. The Hall–Kier alpha value is -3.09. The number of nitrogens with two attached hydrogens (primary N) is 1. The molecule has 26 heavy (non-hydrogen) atoms. The van der Waals surface area contributed by atoms with Crippen molar-refractivity contribution in [1.29, 1.82) is 0 Å². The van der Waals surface area contributed by atoms with Gasteiger partial charge in [0.2, 0.25) is 5.91 Å². The summed E-state index contributed by atoms with van der Waals surface area (Å²) >= 11 is 0. The first-order valence-corrected chi connectivity index (χ1v) is 8.24. The fourth-order valence-corrected chi connectivity index (χ4v) is 3.25. The minimum atomic E-state index is -1.17. The van der Waals surface area contributed by atoms with E-state index < -0.39 is 24.1 Å². The van der Waals surface area contributed by atoms with Crippen LogP contribution in [0.5, 0.6) is 5.75 Å². The maximum absolute atomic E-state index is 13.6. The molecule has 0 radical (unpaired) electrons. The second-order valence-corrected chi connectivity index (χ2v) is 6.15. The second-order valence-electron chi connectivity index (χ2n) is 6.15. The predicted octanol–water partition coefficient (Wildman–Crippen LogP) is 3.07. The number of benzene rings is 2. The minimum Gasteiger partial charge on any atom is -0.489 e. The standard InChI is InChI=1S/C19H19FN2O4/c20-15-4-2-1-3-13(15)11-26-14-7-5-12(6-8-14)16-9-10-17(18(21)23)22(16)19(24)25/h1-8,16-17H,9-11H2,(H2,21,23)(H,24,25)/t16-,17+/m0/s1. The van der Waals surface area contributed by atoms with E-state index in [0.717, 1.165) is 10.5 Å². The molecular formula is C19H19FN2O4. The fraction of sp³-hybridized carbons (Fsp3) is 0.263. The first-order valence-electron chi connectivity index (χ1n) is 8.24. The van der Waals surface area contributed by atoms with E-state index in [-0.39, 0.29) is 12.4 Å². The molecule has 0 spiro atoms. The number of nitrogens with zero attached hydrogens (tertiary/aromatic N) is 1. The van der Waals surface area contributed by atoms with Crippen LogP contribution in [0, 0.1) is 5.82 Å². The molecule has 0 unspecified atom stereocenters. The number of carbonyl (C=O) groups is 2. The second kappa shape index (κ2) is 7.43. The smallest absolute Gasteiger partial charge is 0.408 e. The van der Waals surface area contributed by atoms with E-state index in [9.17, 15) is 19.1 Å². The summed E-state index contributed by atoms with van der Waals surface area (Å²) in [6.45, 7) is 0.0977. The van der Waals surface area contributed by atoms with E-state index in [1.165, 1.54) is 6.07 Å². The number of primary amides is 1. The third kappa shape index (κ3) is 3.61. The average Bonchev–Trinajstić information content (AvgIpc) is 3.07. The number of hydrogen-bond donors (Lipinski definition) is 2. The van der Waals surface area contributed by atoms with Crippen molar-refractivity contribution >= 4 is 12.0 Å². The Morgan fingerprint density at radius 1 is 1.15 bits per heavy atom. The number of rotatable bonds is 5. The summed E-state index contributed by atoms with van der Waals surface area (Å²) in [4.78, 5) is 24.1. The molecule has 1 aliphatic heterocycles. The number of carbonyl (C=O) groups excluding carboxylic acids is 1. The van der Waals surface area contributed by atoms with Crippen molar-refractivity contribution in [3.05, 3.63) is 65.5 Å². The Kier molecular flexibility index (Phi) is 5.06. The van der Waals surface area contributed by atoms with E-state index in [1.807, 2.05) is 0 Å². The zero-order valence-electron chi connectivity index (χ0n) is 14.0. The van der Waals surface area contributed by atoms with Crippen LogP contribution in [0.1, 0.15) is 30.0 Å². The van der Waals surface area contributed by atoms with Crippen molar-refractivity contribution < 1.29 is 23.8 Å². The van der Waals surface area contributed by atoms with Gasteiger partial charge in [-0.2, -0.15) is 0 Å². The molecule has 0 saturated carbocycles. The van der Waals surface area contributed by atoms with E-state index >= 15 is 0 Å². The Bertz CT molecular complexity index is 809. The highest BCUT2D eigenvalue weighted by molar-refractivity contribution is 5.84. The SMILES string of the molecule is NC(=O)[C@H]1CC[C@@H](c2ccc(OCc3ccccc3F)cc2)N1C(=O)O. The van der Waals surface area contributed by atoms with Gasteiger partial charge in [0, 0.05) is 5.56 Å². The number of hydrogen-bond acceptors (Lipinski definition) is 3. The molecule has 6 nitrogen and oxygen atoms in total. The van der Waals surface area contributed by atoms with Crippen molar-refractivity contribution in [3.63, 3.8) is 0 Å². The van der Waals surface area contributed by atoms with Gasteiger partial charge in [0.05, 0.1) is 6.04 Å². The summed E-state index contributed by atoms with van der Waals surface area (Å²) < 4.78 is 19.2. The molecule has 1 heterocycles. The molecule has 7 heteroatoms. The Labute approximate surface area is 150 Å². The maximum Gasteiger partial charge on any atom is 0.408 e. The molecule has 1 saturated heterocycles. The largest absolute Gasteiger partial charge is 0.489 e. The lowest BCUT2D eigenvalue weighted by Crippen LogP contribution is -2.44. The number of likely N-dealkylation sites (tertiary alicyclic amines) is 1. The van der Waals surface area contributed by atoms with Crippen molar-refractivity contribution in [2.75, 3.05) is 0 Å². The van der Waals surface area contributed by atoms with Crippen LogP contribution >= 0.6 is 0 Å². The zero-order valence-corrected chi connectivity index (χ0v) is 14.0. The molecule has 1 aliphatic rings. The third-order valence-corrected chi connectivity index (χ3v) is 4.55. The fourth-order valence-electron chi connectivity index (χ4n) is 3.25. The number of amides is 2. The van der Waals surface area contributed by atoms with Gasteiger partial charge in [-0.05, 0) is 36.6 Å². The molecule has 0 aliphatic carbocycles. The quantitative estimate of drug-likeness (QED) is 0.859. The lowest BCUT2D eigenvalue weighted by atomic mass is 10.0. The Balaban J connectivity index is 1.70. The van der Waals surface area contributed by atoms with Crippen LogP contribution in [-0.2, 0) is 11.4 Å². The summed E-state index contributed by atoms with van der Waals surface area (Å²) in [7, 11) is 0. The molecule has 2 aromatic rings. The molecule has 3 rings (SSSR count). The van der Waals surface area contributed by atoms with Gasteiger partial charge in [-0.3, -0.25) is 9.69 Å². The lowest BCUT2D eigenvalue weighted by Gasteiger charge is -2.26. The number of ether oxygens (including phenoxy) is 1. The Morgan fingerprint density at radius 2 is 1.85 bits per heavy atom. The van der Waals surface area contributed by atoms with E-state index in [0.29, 0.717) is 24.2 Å². The highest BCUT2D eigenvalue weighted by Gasteiger charge is 2.40. The van der Waals surface area contributed by atoms with Crippen molar-refractivity contribution in [3.8, 4) is 5.75 Å². The molecule has 3 N–H and O–H groups in total. The maximum atomic E-state index is 13.6. The van der Waals surface area contributed by atoms with Crippen LogP contribution in [0.3, 0.4) is 0 Å². The zero-order chi connectivity index (χ0) is 18.7. The average molecular weight is 358 g/mol. The summed E-state index contributed by atoms with van der Waals surface area (Å²) in [5.74, 6) is -0.423. The molecule has 0 bridgehead atoms. The topological polar surface area (TPSA) is 92.9 Å². The number of carboxylic acid groups (broad SMARTS) is 1. The van der Waals surface area contributed by atoms with Crippen LogP contribution in [-0.4, -0.2) is 28.0 Å². The highest BCUT2D eigenvalue weighted by Crippen LogP contribution is 2.36. The van der Waals surface area contributed by atoms with E-state index in [2.05, 4.69) is 0 Å². The summed E-state index contributed by atoms with van der Waals surface area (Å²) in [6.07, 6.45) is -0.246. The van der Waals surface area contributed by atoms with Crippen LogP contribution in [0.15, 0.2) is 48.5 Å². The van der Waals surface area contributed by atoms with Crippen molar-refractivity contribution in [1.82, 2.24) is 4.90 Å². The van der Waals surface area contributed by atoms with E-state index in [4.69, 9.17) is 10.5 Å². The van der Waals surface area contributed by atoms with Gasteiger partial charge in [0.25, 0.3) is 0 Å². The summed E-state index contributed by atoms with van der Waals surface area (Å²) in [5, 5.41) is 9.41. The van der Waals surface area contributed by atoms with Crippen molar-refractivity contribution in [2.24, 2.45) is 5.73 Å². The molecule has 1 fully saturated rings. The summed E-state index contributed by atoms with van der Waals surface area (Å²) in [5.41, 5.74) is 6.51. The normalized spacial score (nSPS) is 19.3. The van der Waals surface area contributed by atoms with Crippen molar-refractivity contribution in [2.45, 2.75) is 31.5 Å². The van der Waals surface area contributed by atoms with Gasteiger partial charge in [-0.15, -0.1) is 0 Å². The van der Waals surface area contributed by atoms with Gasteiger partial charge in [-0.1, -0.05) is 30.3 Å². The highest BCUT2D eigenvalue weighted by atomic mass is 19.1.